The Balaban J connectivity index is 1.99. The third-order valence-electron chi connectivity index (χ3n) is 4.20. The Hall–Kier alpha value is -1.73. The molecule has 0 aliphatic carbocycles. The first-order valence-corrected chi connectivity index (χ1v) is 10.3. The Morgan fingerprint density at radius 3 is 2.28 bits per heavy atom. The number of ether oxygens (including phenoxy) is 1. The van der Waals surface area contributed by atoms with Gasteiger partial charge >= 0.3 is 0 Å². The molecule has 0 radical (unpaired) electrons. The first kappa shape index (κ1) is 23.5. The highest BCUT2D eigenvalue weighted by molar-refractivity contribution is 7.80. The molecule has 0 bridgehead atoms. The van der Waals surface area contributed by atoms with E-state index >= 15 is 0 Å². The number of alkyl halides is 3. The number of thiocarbonyl (C=S) groups is 1. The monoisotopic (exact) mass is 473 g/mol. The molecule has 0 heterocycles. The summed E-state index contributed by atoms with van der Waals surface area (Å²) >= 11 is 23.4. The lowest BCUT2D eigenvalue weighted by molar-refractivity contribution is -0.121. The van der Waals surface area contributed by atoms with Crippen LogP contribution in [0.4, 0.5) is 5.69 Å². The van der Waals surface area contributed by atoms with Crippen LogP contribution in [-0.2, 0) is 11.2 Å². The number of hydrogen-bond acceptors (Lipinski definition) is 3. The van der Waals surface area contributed by atoms with E-state index in [0.29, 0.717) is 5.75 Å². The van der Waals surface area contributed by atoms with Gasteiger partial charge in [0.25, 0.3) is 0 Å². The minimum absolute atomic E-state index is 0.111. The standard InChI is InChI=1S/C20H22Cl3N3O2S/c1-12-4-7-15(10-13(12)2)24-19(29)26-18(20(21,22)23)25-17(27)11-14-5-8-16(28-3)9-6-14/h4-10,18H,11H2,1-3H3,(H,25,27)(H2,24,26,29). The lowest BCUT2D eigenvalue weighted by Gasteiger charge is -2.28. The van der Waals surface area contributed by atoms with Gasteiger partial charge in [-0.1, -0.05) is 53.0 Å². The molecule has 2 aromatic carbocycles. The summed E-state index contributed by atoms with van der Waals surface area (Å²) < 4.78 is 3.29. The van der Waals surface area contributed by atoms with Crippen molar-refractivity contribution in [3.63, 3.8) is 0 Å². The summed E-state index contributed by atoms with van der Waals surface area (Å²) in [5.74, 6) is 0.380. The summed E-state index contributed by atoms with van der Waals surface area (Å²) in [6, 6.07) is 13.0. The van der Waals surface area contributed by atoms with Crippen LogP contribution in [0.1, 0.15) is 16.7 Å². The number of anilines is 1. The fraction of sp³-hybridized carbons (Fsp3) is 0.300. The molecule has 0 saturated heterocycles. The van der Waals surface area contributed by atoms with Crippen molar-refractivity contribution in [2.24, 2.45) is 0 Å². The molecular formula is C20H22Cl3N3O2S. The highest BCUT2D eigenvalue weighted by Crippen LogP contribution is 2.29. The molecule has 156 valence electrons. The van der Waals surface area contributed by atoms with E-state index in [0.717, 1.165) is 16.8 Å². The predicted octanol–water partition coefficient (Wildman–Crippen LogP) is 4.65. The molecule has 0 fully saturated rings. The van der Waals surface area contributed by atoms with Crippen LogP contribution in [0.25, 0.3) is 0 Å². The Bertz CT molecular complexity index is 870. The first-order valence-electron chi connectivity index (χ1n) is 8.72. The maximum absolute atomic E-state index is 12.4. The Morgan fingerprint density at radius 1 is 1.07 bits per heavy atom. The number of carbonyl (C=O) groups is 1. The van der Waals surface area contributed by atoms with Gasteiger partial charge in [-0.05, 0) is 67.0 Å². The molecule has 0 aromatic heterocycles. The van der Waals surface area contributed by atoms with Gasteiger partial charge in [0.05, 0.1) is 13.5 Å². The van der Waals surface area contributed by atoms with Crippen LogP contribution in [0, 0.1) is 13.8 Å². The van der Waals surface area contributed by atoms with Gasteiger partial charge in [0, 0.05) is 5.69 Å². The Labute approximate surface area is 191 Å². The fourth-order valence-corrected chi connectivity index (χ4v) is 3.02. The maximum Gasteiger partial charge on any atom is 0.228 e. The van der Waals surface area contributed by atoms with E-state index in [1.807, 2.05) is 32.0 Å². The van der Waals surface area contributed by atoms with Crippen LogP contribution in [0.5, 0.6) is 5.75 Å². The molecule has 0 spiro atoms. The van der Waals surface area contributed by atoms with Crippen molar-refractivity contribution in [1.29, 1.82) is 0 Å². The number of benzene rings is 2. The third-order valence-corrected chi connectivity index (χ3v) is 5.07. The lowest BCUT2D eigenvalue weighted by Crippen LogP contribution is -2.56. The molecule has 0 aliphatic rings. The van der Waals surface area contributed by atoms with Crippen LogP contribution in [0.3, 0.4) is 0 Å². The van der Waals surface area contributed by atoms with E-state index in [2.05, 4.69) is 16.0 Å². The molecule has 9 heteroatoms. The highest BCUT2D eigenvalue weighted by atomic mass is 35.6. The molecule has 5 nitrogen and oxygen atoms in total. The van der Waals surface area contributed by atoms with Gasteiger partial charge in [-0.15, -0.1) is 0 Å². The summed E-state index contributed by atoms with van der Waals surface area (Å²) in [4.78, 5) is 12.4. The number of amides is 1. The number of carbonyl (C=O) groups excluding carboxylic acids is 1. The SMILES string of the molecule is COc1ccc(CC(=O)NC(NC(=S)Nc2ccc(C)c(C)c2)C(Cl)(Cl)Cl)cc1. The second kappa shape index (κ2) is 10.3. The minimum Gasteiger partial charge on any atom is -0.497 e. The van der Waals surface area contributed by atoms with Gasteiger partial charge in [0.2, 0.25) is 9.70 Å². The van der Waals surface area contributed by atoms with Crippen molar-refractivity contribution in [2.75, 3.05) is 12.4 Å². The number of rotatable bonds is 6. The zero-order chi connectivity index (χ0) is 21.6. The van der Waals surface area contributed by atoms with Crippen LogP contribution >= 0.6 is 47.0 Å². The largest absolute Gasteiger partial charge is 0.497 e. The average molecular weight is 475 g/mol. The molecule has 1 amide bonds. The summed E-state index contributed by atoms with van der Waals surface area (Å²) in [5.41, 5.74) is 3.86. The van der Waals surface area contributed by atoms with E-state index in [1.165, 1.54) is 5.56 Å². The Morgan fingerprint density at radius 2 is 1.72 bits per heavy atom. The van der Waals surface area contributed by atoms with Crippen molar-refractivity contribution in [2.45, 2.75) is 30.2 Å². The van der Waals surface area contributed by atoms with E-state index in [-0.39, 0.29) is 17.4 Å². The van der Waals surface area contributed by atoms with Crippen LogP contribution in [-0.4, -0.2) is 28.1 Å². The lowest BCUT2D eigenvalue weighted by atomic mass is 10.1. The van der Waals surface area contributed by atoms with Crippen LogP contribution < -0.4 is 20.7 Å². The summed E-state index contributed by atoms with van der Waals surface area (Å²) in [6.45, 7) is 4.02. The van der Waals surface area contributed by atoms with Gasteiger partial charge in [-0.25, -0.2) is 0 Å². The van der Waals surface area contributed by atoms with E-state index in [4.69, 9.17) is 51.8 Å². The summed E-state index contributed by atoms with van der Waals surface area (Å²) in [6.07, 6.45) is -0.912. The number of nitrogens with one attached hydrogen (secondary N) is 3. The first-order chi connectivity index (χ1) is 13.6. The minimum atomic E-state index is -1.81. The van der Waals surface area contributed by atoms with Crippen molar-refractivity contribution >= 4 is 63.7 Å². The van der Waals surface area contributed by atoms with E-state index in [9.17, 15) is 4.79 Å². The van der Waals surface area contributed by atoms with Crippen molar-refractivity contribution in [1.82, 2.24) is 10.6 Å². The summed E-state index contributed by atoms with van der Waals surface area (Å²) in [5, 5.41) is 8.76. The molecule has 1 atom stereocenters. The van der Waals surface area contributed by atoms with Crippen molar-refractivity contribution in [3.8, 4) is 5.75 Å². The molecular weight excluding hydrogens is 453 g/mol. The van der Waals surface area contributed by atoms with E-state index in [1.54, 1.807) is 31.4 Å². The molecule has 0 aliphatic heterocycles. The molecule has 1 unspecified atom stereocenters. The molecule has 29 heavy (non-hydrogen) atoms. The maximum atomic E-state index is 12.4. The van der Waals surface area contributed by atoms with Gasteiger partial charge < -0.3 is 20.7 Å². The van der Waals surface area contributed by atoms with E-state index < -0.39 is 9.96 Å². The zero-order valence-corrected chi connectivity index (χ0v) is 19.3. The smallest absolute Gasteiger partial charge is 0.228 e. The number of hydrogen-bond donors (Lipinski definition) is 3. The van der Waals surface area contributed by atoms with Crippen LogP contribution in [0.2, 0.25) is 0 Å². The van der Waals surface area contributed by atoms with Crippen LogP contribution in [0.15, 0.2) is 42.5 Å². The molecule has 2 aromatic rings. The molecule has 0 saturated carbocycles. The average Bonchev–Trinajstić information content (AvgIpc) is 2.64. The third kappa shape index (κ3) is 7.55. The van der Waals surface area contributed by atoms with Gasteiger partial charge in [-0.3, -0.25) is 4.79 Å². The van der Waals surface area contributed by atoms with Gasteiger partial charge in [0.1, 0.15) is 11.9 Å². The van der Waals surface area contributed by atoms with Gasteiger partial charge in [0.15, 0.2) is 5.11 Å². The van der Waals surface area contributed by atoms with Gasteiger partial charge in [-0.2, -0.15) is 0 Å². The normalized spacial score (nSPS) is 12.1. The molecule has 3 N–H and O–H groups in total. The summed E-state index contributed by atoms with van der Waals surface area (Å²) in [7, 11) is 1.58. The molecule has 2 rings (SSSR count). The zero-order valence-electron chi connectivity index (χ0n) is 16.2. The Kier molecular flexibility index (Phi) is 8.40. The fourth-order valence-electron chi connectivity index (χ4n) is 2.46. The quantitative estimate of drug-likeness (QED) is 0.323. The number of methoxy groups -OCH3 is 1. The van der Waals surface area contributed by atoms with Crippen molar-refractivity contribution in [3.05, 3.63) is 59.2 Å². The number of halogens is 3. The second-order valence-electron chi connectivity index (χ2n) is 6.46. The second-order valence-corrected chi connectivity index (χ2v) is 9.24. The number of aryl methyl sites for hydroxylation is 2. The predicted molar refractivity (Wildman–Crippen MR) is 124 cm³/mol. The topological polar surface area (TPSA) is 62.4 Å². The van der Waals surface area contributed by atoms with Crippen molar-refractivity contribution < 1.29 is 9.53 Å². The highest BCUT2D eigenvalue weighted by Gasteiger charge is 2.34.